The van der Waals surface area contributed by atoms with Crippen LogP contribution in [-0.2, 0) is 11.2 Å². The van der Waals surface area contributed by atoms with Crippen LogP contribution >= 0.6 is 0 Å². The van der Waals surface area contributed by atoms with E-state index in [0.717, 1.165) is 5.56 Å². The largest absolute Gasteiger partial charge is 0.481 e. The minimum atomic E-state index is -0.846. The quantitative estimate of drug-likeness (QED) is 0.468. The molecule has 1 aromatic rings. The zero-order valence-corrected chi connectivity index (χ0v) is 11.4. The summed E-state index contributed by atoms with van der Waals surface area (Å²) in [4.78, 5) is 32.4. The highest BCUT2D eigenvalue weighted by Gasteiger charge is 2.02. The van der Waals surface area contributed by atoms with Crippen molar-refractivity contribution in [2.24, 2.45) is 5.73 Å². The van der Waals surface area contributed by atoms with E-state index in [0.29, 0.717) is 12.1 Å². The Morgan fingerprint density at radius 3 is 2.24 bits per heavy atom. The normalized spacial score (nSPS) is 9.71. The predicted molar refractivity (Wildman–Crippen MR) is 77.0 cm³/mol. The van der Waals surface area contributed by atoms with E-state index in [4.69, 9.17) is 10.8 Å². The van der Waals surface area contributed by atoms with Crippen molar-refractivity contribution in [3.8, 4) is 0 Å². The number of urea groups is 2. The van der Waals surface area contributed by atoms with Gasteiger partial charge >= 0.3 is 18.0 Å². The predicted octanol–water partition coefficient (Wildman–Crippen LogP) is 0.494. The van der Waals surface area contributed by atoms with E-state index in [1.165, 1.54) is 0 Å². The molecule has 6 N–H and O–H groups in total. The number of hydrogen-bond acceptors (Lipinski definition) is 3. The Morgan fingerprint density at radius 2 is 1.67 bits per heavy atom. The molecule has 0 aliphatic rings. The van der Waals surface area contributed by atoms with E-state index in [1.54, 1.807) is 24.3 Å². The lowest BCUT2D eigenvalue weighted by Gasteiger charge is -2.08. The third-order valence-electron chi connectivity index (χ3n) is 2.55. The third kappa shape index (κ3) is 7.41. The minimum absolute atomic E-state index is 0.0696. The van der Waals surface area contributed by atoms with E-state index >= 15 is 0 Å². The fourth-order valence-corrected chi connectivity index (χ4v) is 1.54. The Balaban J connectivity index is 2.32. The van der Waals surface area contributed by atoms with Gasteiger partial charge in [-0.3, -0.25) is 4.79 Å². The number of benzene rings is 1. The lowest BCUT2D eigenvalue weighted by Crippen LogP contribution is -2.38. The van der Waals surface area contributed by atoms with Crippen LogP contribution < -0.4 is 21.7 Å². The molecule has 0 aliphatic carbocycles. The third-order valence-corrected chi connectivity index (χ3v) is 2.55. The topological polar surface area (TPSA) is 134 Å². The zero-order chi connectivity index (χ0) is 15.7. The molecule has 0 atom stereocenters. The van der Waals surface area contributed by atoms with Crippen LogP contribution in [0.15, 0.2) is 24.3 Å². The molecule has 4 amide bonds. The standard InChI is InChI=1S/C13H18N4O4/c14-12(20)15-7-8-16-13(21)17-10-4-1-9(2-5-10)3-6-11(18)19/h1-2,4-5H,3,6-8H2,(H,18,19)(H3,14,15,20)(H2,16,17,21). The molecule has 0 heterocycles. The first kappa shape index (κ1) is 16.3. The van der Waals surface area contributed by atoms with Crippen LogP contribution in [0.4, 0.5) is 15.3 Å². The molecular weight excluding hydrogens is 276 g/mol. The second kappa shape index (κ2) is 8.41. The number of amides is 4. The van der Waals surface area contributed by atoms with Gasteiger partial charge in [-0.05, 0) is 24.1 Å². The SMILES string of the molecule is NC(=O)NCCNC(=O)Nc1ccc(CCC(=O)O)cc1. The number of carbonyl (C=O) groups is 3. The number of aryl methyl sites for hydroxylation is 1. The van der Waals surface area contributed by atoms with Crippen LogP contribution in [0, 0.1) is 0 Å². The number of carboxylic acid groups (broad SMARTS) is 1. The average molecular weight is 294 g/mol. The van der Waals surface area contributed by atoms with Crippen molar-refractivity contribution in [3.63, 3.8) is 0 Å². The van der Waals surface area contributed by atoms with Gasteiger partial charge in [-0.15, -0.1) is 0 Å². The van der Waals surface area contributed by atoms with Crippen LogP contribution in [0.1, 0.15) is 12.0 Å². The van der Waals surface area contributed by atoms with Crippen LogP contribution in [0.3, 0.4) is 0 Å². The summed E-state index contributed by atoms with van der Waals surface area (Å²) in [5.74, 6) is -0.846. The maximum atomic E-state index is 11.5. The Morgan fingerprint density at radius 1 is 1.05 bits per heavy atom. The summed E-state index contributed by atoms with van der Waals surface area (Å²) in [6, 6.07) is 5.85. The molecule has 114 valence electrons. The molecule has 0 spiro atoms. The van der Waals surface area contributed by atoms with Gasteiger partial charge in [0.1, 0.15) is 0 Å². The minimum Gasteiger partial charge on any atom is -0.481 e. The first-order chi connectivity index (χ1) is 9.97. The number of primary amides is 1. The molecule has 0 saturated carbocycles. The summed E-state index contributed by atoms with van der Waals surface area (Å²) in [6.45, 7) is 0.502. The maximum Gasteiger partial charge on any atom is 0.319 e. The van der Waals surface area contributed by atoms with Crippen molar-refractivity contribution < 1.29 is 19.5 Å². The Kier molecular flexibility index (Phi) is 6.52. The Hall–Kier alpha value is -2.77. The van der Waals surface area contributed by atoms with E-state index in [-0.39, 0.29) is 19.5 Å². The van der Waals surface area contributed by atoms with Gasteiger partial charge in [0.05, 0.1) is 0 Å². The van der Waals surface area contributed by atoms with Crippen molar-refractivity contribution in [2.45, 2.75) is 12.8 Å². The van der Waals surface area contributed by atoms with Crippen molar-refractivity contribution in [1.82, 2.24) is 10.6 Å². The number of carboxylic acids is 1. The van der Waals surface area contributed by atoms with Crippen LogP contribution in [0.2, 0.25) is 0 Å². The maximum absolute atomic E-state index is 11.5. The summed E-state index contributed by atoms with van der Waals surface area (Å²) in [7, 11) is 0. The fourth-order valence-electron chi connectivity index (χ4n) is 1.54. The number of nitrogens with one attached hydrogen (secondary N) is 3. The number of rotatable bonds is 7. The molecule has 0 aromatic heterocycles. The molecular formula is C13H18N4O4. The van der Waals surface area contributed by atoms with Crippen LogP contribution in [0.25, 0.3) is 0 Å². The van der Waals surface area contributed by atoms with E-state index in [9.17, 15) is 14.4 Å². The van der Waals surface area contributed by atoms with E-state index in [1.807, 2.05) is 0 Å². The molecule has 21 heavy (non-hydrogen) atoms. The highest BCUT2D eigenvalue weighted by atomic mass is 16.4. The van der Waals surface area contributed by atoms with Gasteiger partial charge in [0.15, 0.2) is 0 Å². The summed E-state index contributed by atoms with van der Waals surface area (Å²) in [6.07, 6.45) is 0.515. The molecule has 0 fully saturated rings. The van der Waals surface area contributed by atoms with Gasteiger partial charge < -0.3 is 26.8 Å². The van der Waals surface area contributed by atoms with Gasteiger partial charge in [-0.1, -0.05) is 12.1 Å². The summed E-state index contributed by atoms with van der Waals surface area (Å²) in [5.41, 5.74) is 6.35. The smallest absolute Gasteiger partial charge is 0.319 e. The van der Waals surface area contributed by atoms with Gasteiger partial charge in [-0.2, -0.15) is 0 Å². The second-order valence-electron chi connectivity index (χ2n) is 4.26. The molecule has 1 rings (SSSR count). The Labute approximate surface area is 121 Å². The molecule has 0 saturated heterocycles. The second-order valence-corrected chi connectivity index (χ2v) is 4.26. The molecule has 0 bridgehead atoms. The van der Waals surface area contributed by atoms with Crippen molar-refractivity contribution >= 4 is 23.7 Å². The van der Waals surface area contributed by atoms with Gasteiger partial charge in [0, 0.05) is 25.2 Å². The van der Waals surface area contributed by atoms with Gasteiger partial charge in [-0.25, -0.2) is 9.59 Å². The van der Waals surface area contributed by atoms with E-state index < -0.39 is 18.0 Å². The summed E-state index contributed by atoms with van der Waals surface area (Å²) in [5, 5.41) is 16.1. The number of anilines is 1. The summed E-state index contributed by atoms with van der Waals surface area (Å²) < 4.78 is 0. The Bertz CT molecular complexity index is 501. The highest BCUT2D eigenvalue weighted by Crippen LogP contribution is 2.10. The first-order valence-corrected chi connectivity index (χ1v) is 6.36. The van der Waals surface area contributed by atoms with Crippen molar-refractivity contribution in [3.05, 3.63) is 29.8 Å². The number of hydrogen-bond donors (Lipinski definition) is 5. The number of aliphatic carboxylic acids is 1. The van der Waals surface area contributed by atoms with Gasteiger partial charge in [0.25, 0.3) is 0 Å². The first-order valence-electron chi connectivity index (χ1n) is 6.36. The average Bonchev–Trinajstić information content (AvgIpc) is 2.42. The molecule has 8 heteroatoms. The zero-order valence-electron chi connectivity index (χ0n) is 11.4. The molecule has 8 nitrogen and oxygen atoms in total. The monoisotopic (exact) mass is 294 g/mol. The fraction of sp³-hybridized carbons (Fsp3) is 0.308. The van der Waals surface area contributed by atoms with E-state index in [2.05, 4.69) is 16.0 Å². The number of nitrogens with two attached hydrogens (primary N) is 1. The molecule has 0 aliphatic heterocycles. The lowest BCUT2D eigenvalue weighted by atomic mass is 10.1. The highest BCUT2D eigenvalue weighted by molar-refractivity contribution is 5.89. The molecule has 0 radical (unpaired) electrons. The van der Waals surface area contributed by atoms with Gasteiger partial charge in [0.2, 0.25) is 0 Å². The number of carbonyl (C=O) groups excluding carboxylic acids is 2. The summed E-state index contributed by atoms with van der Waals surface area (Å²) >= 11 is 0. The van der Waals surface area contributed by atoms with Crippen molar-refractivity contribution in [1.29, 1.82) is 0 Å². The van der Waals surface area contributed by atoms with Crippen LogP contribution in [0.5, 0.6) is 0 Å². The van der Waals surface area contributed by atoms with Crippen LogP contribution in [-0.4, -0.2) is 36.2 Å². The molecule has 0 unspecified atom stereocenters. The molecule has 1 aromatic carbocycles. The lowest BCUT2D eigenvalue weighted by molar-refractivity contribution is -0.136. The van der Waals surface area contributed by atoms with Crippen molar-refractivity contribution in [2.75, 3.05) is 18.4 Å².